The van der Waals surface area contributed by atoms with Crippen molar-refractivity contribution in [1.29, 1.82) is 0 Å². The van der Waals surface area contributed by atoms with Crippen molar-refractivity contribution in [2.45, 2.75) is 13.3 Å². The predicted octanol–water partition coefficient (Wildman–Crippen LogP) is 0.596. The van der Waals surface area contributed by atoms with Crippen LogP contribution in [0.4, 0.5) is 17.8 Å². The van der Waals surface area contributed by atoms with Crippen LogP contribution in [0.25, 0.3) is 0 Å². The summed E-state index contributed by atoms with van der Waals surface area (Å²) in [4.78, 5) is 17.4. The molecule has 0 spiro atoms. The highest BCUT2D eigenvalue weighted by Gasteiger charge is 2.16. The molecular weight excluding hydrogens is 244 g/mol. The van der Waals surface area contributed by atoms with Crippen molar-refractivity contribution in [3.05, 3.63) is 0 Å². The number of anilines is 3. The summed E-state index contributed by atoms with van der Waals surface area (Å²) in [5, 5.41) is 3.15. The van der Waals surface area contributed by atoms with Crippen molar-refractivity contribution in [2.75, 3.05) is 62.1 Å². The molecular formula is C12H22N6O. The third-order valence-corrected chi connectivity index (χ3v) is 2.85. The van der Waals surface area contributed by atoms with Crippen molar-refractivity contribution >= 4 is 17.8 Å². The SMILES string of the molecule is CCNc1nc(N(C)C)nc(N2CCCOCC2)n1. The Balaban J connectivity index is 2.26. The molecule has 1 aromatic rings. The Morgan fingerprint density at radius 3 is 2.79 bits per heavy atom. The molecule has 1 aromatic heterocycles. The van der Waals surface area contributed by atoms with Gasteiger partial charge in [0.2, 0.25) is 17.8 Å². The molecule has 0 saturated carbocycles. The lowest BCUT2D eigenvalue weighted by Crippen LogP contribution is -2.29. The summed E-state index contributed by atoms with van der Waals surface area (Å²) in [5.41, 5.74) is 0. The number of rotatable bonds is 4. The maximum Gasteiger partial charge on any atom is 0.232 e. The van der Waals surface area contributed by atoms with Gasteiger partial charge in [-0.3, -0.25) is 0 Å². The van der Waals surface area contributed by atoms with Crippen LogP contribution < -0.4 is 15.1 Å². The average molecular weight is 266 g/mol. The molecule has 106 valence electrons. The zero-order valence-electron chi connectivity index (χ0n) is 11.9. The predicted molar refractivity (Wildman–Crippen MR) is 76.0 cm³/mol. The maximum absolute atomic E-state index is 5.46. The Hall–Kier alpha value is -1.63. The van der Waals surface area contributed by atoms with E-state index in [9.17, 15) is 0 Å². The van der Waals surface area contributed by atoms with E-state index in [1.807, 2.05) is 25.9 Å². The van der Waals surface area contributed by atoms with E-state index in [0.29, 0.717) is 11.9 Å². The maximum atomic E-state index is 5.46. The second-order valence-corrected chi connectivity index (χ2v) is 4.64. The number of ether oxygens (including phenoxy) is 1. The first-order valence-corrected chi connectivity index (χ1v) is 6.70. The van der Waals surface area contributed by atoms with Crippen molar-refractivity contribution in [3.8, 4) is 0 Å². The fraction of sp³-hybridized carbons (Fsp3) is 0.750. The highest BCUT2D eigenvalue weighted by atomic mass is 16.5. The van der Waals surface area contributed by atoms with E-state index in [-0.39, 0.29) is 0 Å². The van der Waals surface area contributed by atoms with E-state index in [1.165, 1.54) is 0 Å². The first-order valence-electron chi connectivity index (χ1n) is 6.70. The zero-order valence-corrected chi connectivity index (χ0v) is 11.9. The molecule has 0 atom stereocenters. The first-order chi connectivity index (χ1) is 9.20. The van der Waals surface area contributed by atoms with E-state index >= 15 is 0 Å². The van der Waals surface area contributed by atoms with Crippen LogP contribution >= 0.6 is 0 Å². The number of nitrogens with one attached hydrogen (secondary N) is 1. The van der Waals surface area contributed by atoms with Crippen LogP contribution in [-0.2, 0) is 4.74 Å². The lowest BCUT2D eigenvalue weighted by molar-refractivity contribution is 0.152. The molecule has 1 aliphatic heterocycles. The number of nitrogens with zero attached hydrogens (tertiary/aromatic N) is 5. The van der Waals surface area contributed by atoms with Crippen molar-refractivity contribution < 1.29 is 4.74 Å². The third-order valence-electron chi connectivity index (χ3n) is 2.85. The fourth-order valence-electron chi connectivity index (χ4n) is 1.88. The Morgan fingerprint density at radius 2 is 2.05 bits per heavy atom. The van der Waals surface area contributed by atoms with Gasteiger partial charge in [0.05, 0.1) is 6.61 Å². The summed E-state index contributed by atoms with van der Waals surface area (Å²) in [6.45, 7) is 6.09. The minimum atomic E-state index is 0.626. The summed E-state index contributed by atoms with van der Waals surface area (Å²) in [7, 11) is 3.86. The molecule has 7 nitrogen and oxygen atoms in total. The number of hydrogen-bond donors (Lipinski definition) is 1. The Bertz CT molecular complexity index is 403. The van der Waals surface area contributed by atoms with E-state index in [0.717, 1.165) is 45.2 Å². The second-order valence-electron chi connectivity index (χ2n) is 4.64. The van der Waals surface area contributed by atoms with Crippen LogP contribution in [-0.4, -0.2) is 61.9 Å². The van der Waals surface area contributed by atoms with Crippen LogP contribution in [0.1, 0.15) is 13.3 Å². The third kappa shape index (κ3) is 3.66. The highest BCUT2D eigenvalue weighted by molar-refractivity contribution is 5.44. The summed E-state index contributed by atoms with van der Waals surface area (Å²) in [5.74, 6) is 2.02. The summed E-state index contributed by atoms with van der Waals surface area (Å²) >= 11 is 0. The minimum Gasteiger partial charge on any atom is -0.380 e. The average Bonchev–Trinajstić information content (AvgIpc) is 2.67. The van der Waals surface area contributed by atoms with Crippen LogP contribution in [0.2, 0.25) is 0 Å². The molecule has 0 aliphatic carbocycles. The van der Waals surface area contributed by atoms with E-state index < -0.39 is 0 Å². The van der Waals surface area contributed by atoms with Gasteiger partial charge in [-0.2, -0.15) is 15.0 Å². The molecule has 0 radical (unpaired) electrons. The van der Waals surface area contributed by atoms with Crippen molar-refractivity contribution in [1.82, 2.24) is 15.0 Å². The normalized spacial score (nSPS) is 16.1. The molecule has 1 N–H and O–H groups in total. The molecule has 1 fully saturated rings. The van der Waals surface area contributed by atoms with Crippen LogP contribution in [0.5, 0.6) is 0 Å². The molecule has 0 amide bonds. The minimum absolute atomic E-state index is 0.626. The largest absolute Gasteiger partial charge is 0.380 e. The number of hydrogen-bond acceptors (Lipinski definition) is 7. The molecule has 0 unspecified atom stereocenters. The van der Waals surface area contributed by atoms with Gasteiger partial charge in [0.25, 0.3) is 0 Å². The second kappa shape index (κ2) is 6.51. The molecule has 0 aromatic carbocycles. The molecule has 2 heterocycles. The Kier molecular flexibility index (Phi) is 4.73. The zero-order chi connectivity index (χ0) is 13.7. The van der Waals surface area contributed by atoms with Gasteiger partial charge in [0.1, 0.15) is 0 Å². The monoisotopic (exact) mass is 266 g/mol. The number of aromatic nitrogens is 3. The topological polar surface area (TPSA) is 66.4 Å². The van der Waals surface area contributed by atoms with Gasteiger partial charge >= 0.3 is 0 Å². The van der Waals surface area contributed by atoms with Crippen LogP contribution in [0, 0.1) is 0 Å². The lowest BCUT2D eigenvalue weighted by atomic mass is 10.4. The fourth-order valence-corrected chi connectivity index (χ4v) is 1.88. The van der Waals surface area contributed by atoms with Gasteiger partial charge in [-0.15, -0.1) is 0 Å². The summed E-state index contributed by atoms with van der Waals surface area (Å²) in [6.07, 6.45) is 1.000. The molecule has 7 heteroatoms. The van der Waals surface area contributed by atoms with Crippen LogP contribution in [0.15, 0.2) is 0 Å². The lowest BCUT2D eigenvalue weighted by Gasteiger charge is -2.21. The Labute approximate surface area is 114 Å². The molecule has 19 heavy (non-hydrogen) atoms. The molecule has 1 saturated heterocycles. The van der Waals surface area contributed by atoms with Crippen LogP contribution in [0.3, 0.4) is 0 Å². The standard InChI is InChI=1S/C12H22N6O/c1-4-13-10-14-11(17(2)3)16-12(15-10)18-6-5-8-19-9-7-18/h4-9H2,1-3H3,(H,13,14,15,16). The highest BCUT2D eigenvalue weighted by Crippen LogP contribution is 2.16. The molecule has 2 rings (SSSR count). The van der Waals surface area contributed by atoms with E-state index in [4.69, 9.17) is 4.74 Å². The first kappa shape index (κ1) is 13.8. The molecule has 1 aliphatic rings. The van der Waals surface area contributed by atoms with Gasteiger partial charge in [-0.25, -0.2) is 0 Å². The summed E-state index contributed by atoms with van der Waals surface area (Å²) in [6, 6.07) is 0. The van der Waals surface area contributed by atoms with Crippen molar-refractivity contribution in [2.24, 2.45) is 0 Å². The smallest absolute Gasteiger partial charge is 0.232 e. The van der Waals surface area contributed by atoms with Gasteiger partial charge in [-0.05, 0) is 13.3 Å². The van der Waals surface area contributed by atoms with E-state index in [2.05, 4.69) is 25.2 Å². The van der Waals surface area contributed by atoms with Gasteiger partial charge in [0, 0.05) is 40.3 Å². The van der Waals surface area contributed by atoms with Gasteiger partial charge < -0.3 is 19.9 Å². The van der Waals surface area contributed by atoms with Gasteiger partial charge in [-0.1, -0.05) is 0 Å². The summed E-state index contributed by atoms with van der Waals surface area (Å²) < 4.78 is 5.46. The Morgan fingerprint density at radius 1 is 1.21 bits per heavy atom. The quantitative estimate of drug-likeness (QED) is 0.855. The van der Waals surface area contributed by atoms with E-state index in [1.54, 1.807) is 0 Å². The van der Waals surface area contributed by atoms with Gasteiger partial charge in [0.15, 0.2) is 0 Å². The van der Waals surface area contributed by atoms with Crippen molar-refractivity contribution in [3.63, 3.8) is 0 Å². The molecule has 0 bridgehead atoms.